The van der Waals surface area contributed by atoms with E-state index in [0.29, 0.717) is 11.3 Å². The van der Waals surface area contributed by atoms with Gasteiger partial charge in [0.05, 0.1) is 11.9 Å². The van der Waals surface area contributed by atoms with Gasteiger partial charge in [0.1, 0.15) is 11.6 Å². The maximum Gasteiger partial charge on any atom is 0.290 e. The SMILES string of the molecule is Cc1ccc(-c2cnn(-c3ccccc3)c(=O)c2C#N)cc1. The third-order valence-electron chi connectivity index (χ3n) is 3.45. The Hall–Kier alpha value is -3.19. The Morgan fingerprint density at radius 3 is 2.36 bits per heavy atom. The number of nitrogens with zero attached hydrogens (tertiary/aromatic N) is 3. The first-order valence-electron chi connectivity index (χ1n) is 6.85. The standard InChI is InChI=1S/C18H13N3O/c1-13-7-9-14(10-8-13)17-12-20-21(18(22)16(17)11-19)15-5-3-2-4-6-15/h2-10,12H,1H3. The summed E-state index contributed by atoms with van der Waals surface area (Å²) in [7, 11) is 0. The molecule has 0 aliphatic heterocycles. The molecular formula is C18H13N3O. The van der Waals surface area contributed by atoms with E-state index in [2.05, 4.69) is 5.10 Å². The first kappa shape index (κ1) is 13.8. The number of rotatable bonds is 2. The molecular weight excluding hydrogens is 274 g/mol. The summed E-state index contributed by atoms with van der Waals surface area (Å²) in [5, 5.41) is 13.6. The van der Waals surface area contributed by atoms with Crippen LogP contribution in [-0.2, 0) is 0 Å². The van der Waals surface area contributed by atoms with E-state index in [1.165, 1.54) is 4.68 Å². The molecule has 0 spiro atoms. The fourth-order valence-electron chi connectivity index (χ4n) is 2.27. The molecule has 0 aliphatic carbocycles. The van der Waals surface area contributed by atoms with Crippen molar-refractivity contribution in [2.75, 3.05) is 0 Å². The number of nitriles is 1. The second-order valence-corrected chi connectivity index (χ2v) is 4.96. The molecule has 106 valence electrons. The van der Waals surface area contributed by atoms with Gasteiger partial charge in [0.25, 0.3) is 5.56 Å². The van der Waals surface area contributed by atoms with Crippen LogP contribution in [0.4, 0.5) is 0 Å². The smallest absolute Gasteiger partial charge is 0.266 e. The van der Waals surface area contributed by atoms with Gasteiger partial charge in [0.2, 0.25) is 0 Å². The van der Waals surface area contributed by atoms with Crippen LogP contribution in [-0.4, -0.2) is 9.78 Å². The predicted octanol–water partition coefficient (Wildman–Crippen LogP) is 3.08. The highest BCUT2D eigenvalue weighted by molar-refractivity contribution is 5.69. The predicted molar refractivity (Wildman–Crippen MR) is 84.7 cm³/mol. The molecule has 2 aromatic carbocycles. The zero-order valence-electron chi connectivity index (χ0n) is 12.0. The van der Waals surface area contributed by atoms with E-state index in [1.54, 1.807) is 18.3 Å². The number of hydrogen-bond donors (Lipinski definition) is 0. The van der Waals surface area contributed by atoms with Crippen LogP contribution in [0.2, 0.25) is 0 Å². The molecule has 0 saturated carbocycles. The zero-order chi connectivity index (χ0) is 15.5. The van der Waals surface area contributed by atoms with Crippen molar-refractivity contribution in [1.29, 1.82) is 5.26 Å². The quantitative estimate of drug-likeness (QED) is 0.727. The van der Waals surface area contributed by atoms with Crippen LogP contribution >= 0.6 is 0 Å². The first-order chi connectivity index (χ1) is 10.7. The van der Waals surface area contributed by atoms with Crippen LogP contribution in [0.1, 0.15) is 11.1 Å². The monoisotopic (exact) mass is 287 g/mol. The van der Waals surface area contributed by atoms with Crippen molar-refractivity contribution in [2.45, 2.75) is 6.92 Å². The van der Waals surface area contributed by atoms with Crippen LogP contribution in [0.15, 0.2) is 65.6 Å². The summed E-state index contributed by atoms with van der Waals surface area (Å²) in [5.41, 5.74) is 2.81. The van der Waals surface area contributed by atoms with Crippen LogP contribution in [0.3, 0.4) is 0 Å². The second-order valence-electron chi connectivity index (χ2n) is 4.96. The second kappa shape index (κ2) is 5.66. The van der Waals surface area contributed by atoms with Gasteiger partial charge in [0.15, 0.2) is 0 Å². The number of aromatic nitrogens is 2. The fraction of sp³-hybridized carbons (Fsp3) is 0.0556. The highest BCUT2D eigenvalue weighted by Crippen LogP contribution is 2.21. The van der Waals surface area contributed by atoms with E-state index in [-0.39, 0.29) is 5.56 Å². The summed E-state index contributed by atoms with van der Waals surface area (Å²) in [5.74, 6) is 0. The molecule has 3 aromatic rings. The lowest BCUT2D eigenvalue weighted by Gasteiger charge is -2.08. The summed E-state index contributed by atoms with van der Waals surface area (Å²) in [6, 6.07) is 18.7. The summed E-state index contributed by atoms with van der Waals surface area (Å²) in [6.45, 7) is 1.99. The first-order valence-corrected chi connectivity index (χ1v) is 6.85. The summed E-state index contributed by atoms with van der Waals surface area (Å²) >= 11 is 0. The van der Waals surface area contributed by atoms with E-state index in [9.17, 15) is 10.1 Å². The average Bonchev–Trinajstić information content (AvgIpc) is 2.56. The Labute approximate surface area is 127 Å². The molecule has 1 aromatic heterocycles. The molecule has 22 heavy (non-hydrogen) atoms. The molecule has 0 bridgehead atoms. The molecule has 0 saturated heterocycles. The molecule has 0 radical (unpaired) electrons. The van der Waals surface area contributed by atoms with Crippen LogP contribution < -0.4 is 5.56 Å². The van der Waals surface area contributed by atoms with Gasteiger partial charge < -0.3 is 0 Å². The lowest BCUT2D eigenvalue weighted by molar-refractivity contribution is 0.804. The van der Waals surface area contributed by atoms with Crippen molar-refractivity contribution in [3.05, 3.63) is 82.3 Å². The topological polar surface area (TPSA) is 58.7 Å². The van der Waals surface area contributed by atoms with E-state index in [4.69, 9.17) is 0 Å². The van der Waals surface area contributed by atoms with Gasteiger partial charge in [-0.05, 0) is 24.6 Å². The van der Waals surface area contributed by atoms with Gasteiger partial charge in [-0.1, -0.05) is 48.0 Å². The number of hydrogen-bond acceptors (Lipinski definition) is 3. The molecule has 0 amide bonds. The summed E-state index contributed by atoms with van der Waals surface area (Å²) < 4.78 is 1.25. The van der Waals surface area contributed by atoms with Crippen molar-refractivity contribution < 1.29 is 0 Å². The van der Waals surface area contributed by atoms with E-state index in [0.717, 1.165) is 11.1 Å². The largest absolute Gasteiger partial charge is 0.290 e. The lowest BCUT2D eigenvalue weighted by atomic mass is 10.0. The van der Waals surface area contributed by atoms with Gasteiger partial charge in [-0.2, -0.15) is 15.0 Å². The summed E-state index contributed by atoms with van der Waals surface area (Å²) in [4.78, 5) is 12.5. The summed E-state index contributed by atoms with van der Waals surface area (Å²) in [6.07, 6.45) is 1.57. The van der Waals surface area contributed by atoms with Gasteiger partial charge in [0, 0.05) is 5.56 Å². The van der Waals surface area contributed by atoms with Crippen molar-refractivity contribution in [3.63, 3.8) is 0 Å². The van der Waals surface area contributed by atoms with Gasteiger partial charge in [-0.25, -0.2) is 0 Å². The molecule has 3 rings (SSSR count). The molecule has 0 aliphatic rings. The lowest BCUT2D eigenvalue weighted by Crippen LogP contribution is -2.24. The minimum atomic E-state index is -0.410. The molecule has 1 heterocycles. The normalized spacial score (nSPS) is 10.2. The van der Waals surface area contributed by atoms with E-state index in [1.807, 2.05) is 55.5 Å². The minimum Gasteiger partial charge on any atom is -0.266 e. The Kier molecular flexibility index (Phi) is 3.55. The van der Waals surface area contributed by atoms with Crippen LogP contribution in [0, 0.1) is 18.3 Å². The zero-order valence-corrected chi connectivity index (χ0v) is 12.0. The molecule has 0 N–H and O–H groups in total. The fourth-order valence-corrected chi connectivity index (χ4v) is 2.27. The van der Waals surface area contributed by atoms with Gasteiger partial charge in [-0.3, -0.25) is 4.79 Å². The van der Waals surface area contributed by atoms with Crippen molar-refractivity contribution in [3.8, 4) is 22.9 Å². The molecule has 0 fully saturated rings. The van der Waals surface area contributed by atoms with Crippen LogP contribution in [0.25, 0.3) is 16.8 Å². The molecule has 4 heteroatoms. The Morgan fingerprint density at radius 2 is 1.73 bits per heavy atom. The maximum absolute atomic E-state index is 12.5. The minimum absolute atomic E-state index is 0.0997. The number of aryl methyl sites for hydroxylation is 1. The highest BCUT2D eigenvalue weighted by atomic mass is 16.1. The number of benzene rings is 2. The third-order valence-corrected chi connectivity index (χ3v) is 3.45. The Morgan fingerprint density at radius 1 is 1.05 bits per heavy atom. The maximum atomic E-state index is 12.5. The van der Waals surface area contributed by atoms with E-state index < -0.39 is 5.56 Å². The van der Waals surface area contributed by atoms with Gasteiger partial charge >= 0.3 is 0 Å². The molecule has 4 nitrogen and oxygen atoms in total. The van der Waals surface area contributed by atoms with E-state index >= 15 is 0 Å². The molecule has 0 unspecified atom stereocenters. The van der Waals surface area contributed by atoms with Gasteiger partial charge in [-0.15, -0.1) is 0 Å². The van der Waals surface area contributed by atoms with Crippen molar-refractivity contribution >= 4 is 0 Å². The van der Waals surface area contributed by atoms with Crippen molar-refractivity contribution in [2.24, 2.45) is 0 Å². The molecule has 0 atom stereocenters. The van der Waals surface area contributed by atoms with Crippen molar-refractivity contribution in [1.82, 2.24) is 9.78 Å². The number of para-hydroxylation sites is 1. The highest BCUT2D eigenvalue weighted by Gasteiger charge is 2.13. The Bertz CT molecular complexity index is 904. The Balaban J connectivity index is 2.20. The third kappa shape index (κ3) is 2.40. The van der Waals surface area contributed by atoms with Crippen LogP contribution in [0.5, 0.6) is 0 Å². The average molecular weight is 287 g/mol.